The van der Waals surface area contributed by atoms with E-state index < -0.39 is 11.5 Å². The van der Waals surface area contributed by atoms with E-state index in [-0.39, 0.29) is 0 Å². The van der Waals surface area contributed by atoms with Crippen LogP contribution in [0.4, 0.5) is 4.39 Å². The molecule has 5 heteroatoms. The number of nitrogens with one attached hydrogen (secondary N) is 1. The molecule has 2 aromatic rings. The third kappa shape index (κ3) is 2.18. The molecule has 0 fully saturated rings. The maximum absolute atomic E-state index is 13.3. The maximum Gasteiger partial charge on any atom is 0.250 e. The van der Waals surface area contributed by atoms with Gasteiger partial charge in [-0.15, -0.1) is 0 Å². The monoisotopic (exact) mass is 221 g/mol. The number of aromatic nitrogens is 3. The summed E-state index contributed by atoms with van der Waals surface area (Å²) >= 11 is 0. The molecule has 0 aliphatic rings. The molecule has 1 N–H and O–H groups in total. The SMILES string of the molecule is CCn1cc(Cc2ccc(=O)[nH]c2F)cn1. The van der Waals surface area contributed by atoms with Crippen LogP contribution in [0.15, 0.2) is 29.3 Å². The van der Waals surface area contributed by atoms with E-state index in [9.17, 15) is 9.18 Å². The van der Waals surface area contributed by atoms with Gasteiger partial charge in [0, 0.05) is 30.8 Å². The Balaban J connectivity index is 2.23. The Kier molecular flexibility index (Phi) is 2.85. The molecule has 2 heterocycles. The van der Waals surface area contributed by atoms with Crippen molar-refractivity contribution < 1.29 is 4.39 Å². The third-order valence-corrected chi connectivity index (χ3v) is 2.36. The third-order valence-electron chi connectivity index (χ3n) is 2.36. The molecule has 0 unspecified atom stereocenters. The average molecular weight is 221 g/mol. The first-order chi connectivity index (χ1) is 7.69. The molecule has 4 nitrogen and oxygen atoms in total. The molecule has 0 amide bonds. The summed E-state index contributed by atoms with van der Waals surface area (Å²) in [6, 6.07) is 2.82. The number of rotatable bonds is 3. The molecule has 0 spiro atoms. The highest BCUT2D eigenvalue weighted by Gasteiger charge is 2.05. The van der Waals surface area contributed by atoms with Crippen molar-refractivity contribution in [2.45, 2.75) is 19.9 Å². The summed E-state index contributed by atoms with van der Waals surface area (Å²) < 4.78 is 15.1. The van der Waals surface area contributed by atoms with Crippen LogP contribution in [-0.4, -0.2) is 14.8 Å². The highest BCUT2D eigenvalue weighted by atomic mass is 19.1. The van der Waals surface area contributed by atoms with Gasteiger partial charge in [-0.3, -0.25) is 14.5 Å². The van der Waals surface area contributed by atoms with Crippen LogP contribution in [-0.2, 0) is 13.0 Å². The van der Waals surface area contributed by atoms with Crippen molar-refractivity contribution in [2.24, 2.45) is 0 Å². The summed E-state index contributed by atoms with van der Waals surface area (Å²) in [4.78, 5) is 13.0. The van der Waals surface area contributed by atoms with Gasteiger partial charge in [-0.25, -0.2) is 0 Å². The Morgan fingerprint density at radius 2 is 2.31 bits per heavy atom. The molecule has 0 aliphatic carbocycles. The van der Waals surface area contributed by atoms with E-state index in [1.54, 1.807) is 10.9 Å². The number of pyridine rings is 1. The minimum absolute atomic E-state index is 0.425. The van der Waals surface area contributed by atoms with Crippen molar-refractivity contribution in [1.82, 2.24) is 14.8 Å². The summed E-state index contributed by atoms with van der Waals surface area (Å²) in [5, 5.41) is 4.10. The minimum atomic E-state index is -0.572. The second kappa shape index (κ2) is 4.30. The quantitative estimate of drug-likeness (QED) is 0.795. The Morgan fingerprint density at radius 1 is 1.50 bits per heavy atom. The van der Waals surface area contributed by atoms with Gasteiger partial charge < -0.3 is 0 Å². The zero-order valence-electron chi connectivity index (χ0n) is 8.90. The maximum atomic E-state index is 13.3. The molecule has 0 radical (unpaired) electrons. The van der Waals surface area contributed by atoms with Gasteiger partial charge in [0.15, 0.2) is 5.95 Å². The van der Waals surface area contributed by atoms with E-state index in [0.29, 0.717) is 12.0 Å². The molecule has 84 valence electrons. The van der Waals surface area contributed by atoms with E-state index in [4.69, 9.17) is 0 Å². The summed E-state index contributed by atoms with van der Waals surface area (Å²) in [6.45, 7) is 2.77. The van der Waals surface area contributed by atoms with Crippen LogP contribution < -0.4 is 5.56 Å². The number of nitrogens with zero attached hydrogens (tertiary/aromatic N) is 2. The second-order valence-corrected chi connectivity index (χ2v) is 3.54. The number of halogens is 1. The topological polar surface area (TPSA) is 50.7 Å². The van der Waals surface area contributed by atoms with Crippen molar-refractivity contribution in [3.8, 4) is 0 Å². The first-order valence-corrected chi connectivity index (χ1v) is 5.08. The summed E-state index contributed by atoms with van der Waals surface area (Å²) in [7, 11) is 0. The summed E-state index contributed by atoms with van der Waals surface area (Å²) in [6.07, 6.45) is 4.00. The number of hydrogen-bond acceptors (Lipinski definition) is 2. The molecule has 0 bridgehead atoms. The lowest BCUT2D eigenvalue weighted by Gasteiger charge is -1.99. The summed E-state index contributed by atoms with van der Waals surface area (Å²) in [5.41, 5.74) is 0.966. The largest absolute Gasteiger partial charge is 0.299 e. The highest BCUT2D eigenvalue weighted by molar-refractivity contribution is 5.20. The number of aromatic amines is 1. The first kappa shape index (κ1) is 10.6. The van der Waals surface area contributed by atoms with Gasteiger partial charge in [0.1, 0.15) is 0 Å². The van der Waals surface area contributed by atoms with Gasteiger partial charge in [0.25, 0.3) is 0 Å². The molecule has 2 aromatic heterocycles. The van der Waals surface area contributed by atoms with Gasteiger partial charge in [0.2, 0.25) is 5.56 Å². The zero-order valence-corrected chi connectivity index (χ0v) is 8.90. The number of hydrogen-bond donors (Lipinski definition) is 1. The van der Waals surface area contributed by atoms with Crippen LogP contribution in [0.25, 0.3) is 0 Å². The zero-order chi connectivity index (χ0) is 11.5. The molecule has 0 saturated heterocycles. The number of H-pyrrole nitrogens is 1. The van der Waals surface area contributed by atoms with Gasteiger partial charge >= 0.3 is 0 Å². The molecule has 0 aromatic carbocycles. The minimum Gasteiger partial charge on any atom is -0.299 e. The standard InChI is InChI=1S/C11H12FN3O/c1-2-15-7-8(6-13-15)5-9-3-4-10(16)14-11(9)12/h3-4,6-7H,2,5H2,1H3,(H,14,16). The van der Waals surface area contributed by atoms with Crippen LogP contribution in [0.3, 0.4) is 0 Å². The van der Waals surface area contributed by atoms with E-state index in [1.807, 2.05) is 13.1 Å². The highest BCUT2D eigenvalue weighted by Crippen LogP contribution is 2.09. The Labute approximate surface area is 91.7 Å². The van der Waals surface area contributed by atoms with E-state index in [1.165, 1.54) is 12.1 Å². The fourth-order valence-corrected chi connectivity index (χ4v) is 1.51. The summed E-state index contributed by atoms with van der Waals surface area (Å²) in [5.74, 6) is -0.572. The van der Waals surface area contributed by atoms with E-state index in [0.717, 1.165) is 12.1 Å². The van der Waals surface area contributed by atoms with Crippen LogP contribution in [0, 0.1) is 5.95 Å². The lowest BCUT2D eigenvalue weighted by Crippen LogP contribution is -2.08. The predicted octanol–water partition coefficient (Wildman–Crippen LogP) is 1.32. The molecular formula is C11H12FN3O. The Bertz CT molecular complexity index is 544. The second-order valence-electron chi connectivity index (χ2n) is 3.54. The fourth-order valence-electron chi connectivity index (χ4n) is 1.51. The molecule has 0 atom stereocenters. The van der Waals surface area contributed by atoms with Crippen LogP contribution in [0.1, 0.15) is 18.1 Å². The van der Waals surface area contributed by atoms with Gasteiger partial charge in [-0.1, -0.05) is 0 Å². The van der Waals surface area contributed by atoms with Crippen LogP contribution >= 0.6 is 0 Å². The molecular weight excluding hydrogens is 209 g/mol. The molecule has 0 aliphatic heterocycles. The molecule has 16 heavy (non-hydrogen) atoms. The molecule has 0 saturated carbocycles. The van der Waals surface area contributed by atoms with Crippen LogP contribution in [0.2, 0.25) is 0 Å². The van der Waals surface area contributed by atoms with Crippen molar-refractivity contribution in [2.75, 3.05) is 0 Å². The smallest absolute Gasteiger partial charge is 0.250 e. The fraction of sp³-hybridized carbons (Fsp3) is 0.273. The number of aryl methyl sites for hydroxylation is 1. The van der Waals surface area contributed by atoms with Gasteiger partial charge in [-0.2, -0.15) is 9.49 Å². The van der Waals surface area contributed by atoms with Gasteiger partial charge in [-0.05, 0) is 18.6 Å². The first-order valence-electron chi connectivity index (χ1n) is 5.08. The normalized spacial score (nSPS) is 10.6. The van der Waals surface area contributed by atoms with Gasteiger partial charge in [0.05, 0.1) is 6.20 Å². The average Bonchev–Trinajstić information content (AvgIpc) is 2.70. The lowest BCUT2D eigenvalue weighted by atomic mass is 10.1. The van der Waals surface area contributed by atoms with Crippen molar-refractivity contribution >= 4 is 0 Å². The lowest BCUT2D eigenvalue weighted by molar-refractivity contribution is 0.566. The Morgan fingerprint density at radius 3 is 2.94 bits per heavy atom. The Hall–Kier alpha value is -1.91. The van der Waals surface area contributed by atoms with Crippen LogP contribution in [0.5, 0.6) is 0 Å². The van der Waals surface area contributed by atoms with Crippen molar-refractivity contribution in [3.05, 3.63) is 52.0 Å². The van der Waals surface area contributed by atoms with E-state index in [2.05, 4.69) is 10.1 Å². The predicted molar refractivity (Wildman–Crippen MR) is 57.7 cm³/mol. The van der Waals surface area contributed by atoms with Crippen molar-refractivity contribution in [3.63, 3.8) is 0 Å². The van der Waals surface area contributed by atoms with Crippen molar-refractivity contribution in [1.29, 1.82) is 0 Å². The van der Waals surface area contributed by atoms with E-state index >= 15 is 0 Å². The molecule has 2 rings (SSSR count).